The summed E-state index contributed by atoms with van der Waals surface area (Å²) in [4.78, 5) is -0.489. The van der Waals surface area contributed by atoms with Crippen molar-refractivity contribution < 1.29 is 42.5 Å². The van der Waals surface area contributed by atoms with Crippen molar-refractivity contribution >= 4 is 33.3 Å². The summed E-state index contributed by atoms with van der Waals surface area (Å²) < 4.78 is 31.5. The fourth-order valence-corrected chi connectivity index (χ4v) is 1.88. The van der Waals surface area contributed by atoms with E-state index in [1.807, 2.05) is 0 Å². The van der Waals surface area contributed by atoms with Crippen LogP contribution in [-0.2, 0) is 10.1 Å². The summed E-state index contributed by atoms with van der Waals surface area (Å²) >= 11 is 10.9. The molecule has 7 heteroatoms. The van der Waals surface area contributed by atoms with Crippen molar-refractivity contribution in [3.05, 3.63) is 28.2 Å². The molecule has 3 nitrogen and oxygen atoms in total. The first kappa shape index (κ1) is 13.7. The van der Waals surface area contributed by atoms with Crippen molar-refractivity contribution in [1.29, 1.82) is 0 Å². The maximum atomic E-state index is 10.5. The summed E-state index contributed by atoms with van der Waals surface area (Å²) in [6.45, 7) is 0. The van der Waals surface area contributed by atoms with Crippen LogP contribution in [0.15, 0.2) is 23.1 Å². The molecule has 0 N–H and O–H groups in total. The van der Waals surface area contributed by atoms with Gasteiger partial charge in [-0.3, -0.25) is 0 Å². The molecule has 0 amide bonds. The molecule has 0 radical (unpaired) electrons. The van der Waals surface area contributed by atoms with E-state index in [0.717, 1.165) is 6.07 Å². The van der Waals surface area contributed by atoms with Crippen LogP contribution in [0.2, 0.25) is 10.0 Å². The van der Waals surface area contributed by atoms with E-state index >= 15 is 0 Å². The minimum atomic E-state index is -4.52. The Morgan fingerprint density at radius 1 is 1.23 bits per heavy atom. The van der Waals surface area contributed by atoms with Gasteiger partial charge in [-0.05, 0) is 18.2 Å². The first-order valence-electron chi connectivity index (χ1n) is 2.82. The molecular formula is C6H3Cl2NaO3S. The van der Waals surface area contributed by atoms with Crippen molar-refractivity contribution in [2.45, 2.75) is 4.90 Å². The van der Waals surface area contributed by atoms with Crippen molar-refractivity contribution in [2.75, 3.05) is 0 Å². The maximum absolute atomic E-state index is 10.5. The molecule has 0 heterocycles. The van der Waals surface area contributed by atoms with Crippen LogP contribution in [0, 0.1) is 0 Å². The van der Waals surface area contributed by atoms with Gasteiger partial charge in [0.2, 0.25) is 0 Å². The molecule has 13 heavy (non-hydrogen) atoms. The smallest absolute Gasteiger partial charge is 0.744 e. The Kier molecular flexibility index (Phi) is 5.25. The van der Waals surface area contributed by atoms with Gasteiger partial charge < -0.3 is 4.55 Å². The normalized spacial score (nSPS) is 10.7. The molecule has 0 aliphatic rings. The monoisotopic (exact) mass is 248 g/mol. The Hall–Kier alpha value is 0.710. The zero-order valence-electron chi connectivity index (χ0n) is 6.62. The van der Waals surface area contributed by atoms with Crippen molar-refractivity contribution in [3.8, 4) is 0 Å². The molecule has 0 unspecified atom stereocenters. The van der Waals surface area contributed by atoms with E-state index in [2.05, 4.69) is 0 Å². The van der Waals surface area contributed by atoms with E-state index in [1.54, 1.807) is 0 Å². The zero-order chi connectivity index (χ0) is 9.35. The van der Waals surface area contributed by atoms with E-state index in [9.17, 15) is 13.0 Å². The number of hydrogen-bond donors (Lipinski definition) is 0. The Balaban J connectivity index is 0.00000144. The molecule has 1 rings (SSSR count). The van der Waals surface area contributed by atoms with E-state index < -0.39 is 15.0 Å². The van der Waals surface area contributed by atoms with Gasteiger partial charge >= 0.3 is 29.6 Å². The third-order valence-electron chi connectivity index (χ3n) is 1.16. The SMILES string of the molecule is O=S(=O)([O-])c1cc(Cl)ccc1Cl.[Na+]. The summed E-state index contributed by atoms with van der Waals surface area (Å²) in [7, 11) is -4.52. The van der Waals surface area contributed by atoms with Gasteiger partial charge in [0.15, 0.2) is 0 Å². The van der Waals surface area contributed by atoms with Gasteiger partial charge in [-0.15, -0.1) is 0 Å². The van der Waals surface area contributed by atoms with E-state index in [-0.39, 0.29) is 39.6 Å². The summed E-state index contributed by atoms with van der Waals surface area (Å²) in [5, 5.41) is 0.0447. The molecule has 0 bridgehead atoms. The molecular weight excluding hydrogens is 246 g/mol. The van der Waals surface area contributed by atoms with Gasteiger partial charge in [0.25, 0.3) is 0 Å². The van der Waals surface area contributed by atoms with Crippen LogP contribution in [0.25, 0.3) is 0 Å². The molecule has 1 aromatic carbocycles. The second-order valence-electron chi connectivity index (χ2n) is 2.03. The summed E-state index contributed by atoms with van der Waals surface area (Å²) in [6.07, 6.45) is 0. The largest absolute Gasteiger partial charge is 1.00 e. The standard InChI is InChI=1S/C6H4Cl2O3S.Na/c7-4-1-2-5(8)6(3-4)12(9,10)11;/h1-3H,(H,9,10,11);/q;+1/p-1. The Bertz CT molecular complexity index is 404. The summed E-state index contributed by atoms with van der Waals surface area (Å²) in [5.41, 5.74) is 0. The average Bonchev–Trinajstić information content (AvgIpc) is 1.92. The van der Waals surface area contributed by atoms with Crippen LogP contribution < -0.4 is 29.6 Å². The van der Waals surface area contributed by atoms with Gasteiger partial charge in [-0.25, -0.2) is 8.42 Å². The van der Waals surface area contributed by atoms with Crippen LogP contribution in [0.5, 0.6) is 0 Å². The molecule has 0 spiro atoms. The molecule has 0 atom stereocenters. The van der Waals surface area contributed by atoms with Gasteiger partial charge in [-0.1, -0.05) is 23.2 Å². The van der Waals surface area contributed by atoms with Crippen molar-refractivity contribution in [1.82, 2.24) is 0 Å². The minimum Gasteiger partial charge on any atom is -0.744 e. The molecule has 0 aromatic heterocycles. The molecule has 0 saturated heterocycles. The quantitative estimate of drug-likeness (QED) is 0.469. The van der Waals surface area contributed by atoms with Crippen LogP contribution in [0.4, 0.5) is 0 Å². The van der Waals surface area contributed by atoms with Crippen molar-refractivity contribution in [2.24, 2.45) is 0 Å². The molecule has 0 fully saturated rings. The molecule has 0 saturated carbocycles. The summed E-state index contributed by atoms with van der Waals surface area (Å²) in [5.74, 6) is 0. The number of rotatable bonds is 1. The third-order valence-corrected chi connectivity index (χ3v) is 2.72. The number of hydrogen-bond acceptors (Lipinski definition) is 3. The fourth-order valence-electron chi connectivity index (χ4n) is 0.669. The Morgan fingerprint density at radius 3 is 2.15 bits per heavy atom. The Morgan fingerprint density at radius 2 is 1.77 bits per heavy atom. The average molecular weight is 249 g/mol. The van der Waals surface area contributed by atoms with Gasteiger partial charge in [0.1, 0.15) is 10.1 Å². The van der Waals surface area contributed by atoms with E-state index in [1.165, 1.54) is 12.1 Å². The van der Waals surface area contributed by atoms with Gasteiger partial charge in [0.05, 0.1) is 9.92 Å². The number of halogens is 2. The third kappa shape index (κ3) is 3.75. The van der Waals surface area contributed by atoms with Crippen LogP contribution in [-0.4, -0.2) is 13.0 Å². The predicted molar refractivity (Wildman–Crippen MR) is 44.4 cm³/mol. The first-order chi connectivity index (χ1) is 5.41. The van der Waals surface area contributed by atoms with Gasteiger partial charge in [0, 0.05) is 5.02 Å². The second kappa shape index (κ2) is 4.98. The fraction of sp³-hybridized carbons (Fsp3) is 0. The minimum absolute atomic E-state index is 0. The van der Waals surface area contributed by atoms with E-state index in [0.29, 0.717) is 0 Å². The van der Waals surface area contributed by atoms with Crippen molar-refractivity contribution in [3.63, 3.8) is 0 Å². The van der Waals surface area contributed by atoms with Crippen LogP contribution in [0.3, 0.4) is 0 Å². The van der Waals surface area contributed by atoms with Crippen LogP contribution >= 0.6 is 23.2 Å². The molecule has 0 aliphatic heterocycles. The van der Waals surface area contributed by atoms with Gasteiger partial charge in [-0.2, -0.15) is 0 Å². The predicted octanol–water partition coefficient (Wildman–Crippen LogP) is -1.10. The van der Waals surface area contributed by atoms with E-state index in [4.69, 9.17) is 23.2 Å². The second-order valence-corrected chi connectivity index (χ2v) is 4.22. The maximum Gasteiger partial charge on any atom is 1.00 e. The Labute approximate surface area is 108 Å². The number of benzene rings is 1. The van der Waals surface area contributed by atoms with Crippen LogP contribution in [0.1, 0.15) is 0 Å². The molecule has 1 aromatic rings. The molecule has 66 valence electrons. The first-order valence-corrected chi connectivity index (χ1v) is 4.98. The zero-order valence-corrected chi connectivity index (χ0v) is 10.9. The topological polar surface area (TPSA) is 57.2 Å². The summed E-state index contributed by atoms with van der Waals surface area (Å²) in [6, 6.07) is 3.68. The molecule has 0 aliphatic carbocycles.